The average Bonchev–Trinajstić information content (AvgIpc) is 2.68. The molecule has 0 aromatic carbocycles. The van der Waals surface area contributed by atoms with E-state index in [9.17, 15) is 0 Å². The molecule has 2 rings (SSSR count). The highest BCUT2D eigenvalue weighted by Crippen LogP contribution is 2.28. The maximum atomic E-state index is 5.96. The third-order valence-electron chi connectivity index (χ3n) is 2.27. The van der Waals surface area contributed by atoms with Gasteiger partial charge in [0.25, 0.3) is 0 Å². The Morgan fingerprint density at radius 3 is 3.15 bits per heavy atom. The van der Waals surface area contributed by atoms with Gasteiger partial charge in [-0.15, -0.1) is 11.3 Å². The molecule has 0 saturated heterocycles. The Morgan fingerprint density at radius 1 is 1.69 bits per heavy atom. The molecular formula is C9H13N3S. The maximum absolute atomic E-state index is 5.96. The minimum Gasteiger partial charge on any atom is -0.323 e. The van der Waals surface area contributed by atoms with Gasteiger partial charge in [-0.05, 0) is 17.9 Å². The lowest BCUT2D eigenvalue weighted by Gasteiger charge is -2.03. The first-order valence-corrected chi connectivity index (χ1v) is 5.27. The number of aryl methyl sites for hydroxylation is 1. The van der Waals surface area contributed by atoms with Crippen molar-refractivity contribution in [3.8, 4) is 0 Å². The Kier molecular flexibility index (Phi) is 2.09. The quantitative estimate of drug-likeness (QED) is 0.797. The van der Waals surface area contributed by atoms with Crippen LogP contribution in [-0.2, 0) is 7.05 Å². The molecule has 70 valence electrons. The second kappa shape index (κ2) is 3.12. The Labute approximate surface area is 81.2 Å². The minimum atomic E-state index is 0.0716. The van der Waals surface area contributed by atoms with E-state index < -0.39 is 0 Å². The number of thiophene rings is 1. The topological polar surface area (TPSA) is 43.8 Å². The van der Waals surface area contributed by atoms with Crippen LogP contribution in [0.25, 0.3) is 10.2 Å². The van der Waals surface area contributed by atoms with Gasteiger partial charge in [-0.2, -0.15) is 5.10 Å². The summed E-state index contributed by atoms with van der Waals surface area (Å²) in [7, 11) is 1.96. The molecule has 0 saturated carbocycles. The molecule has 2 aromatic heterocycles. The number of hydrogen-bond acceptors (Lipinski definition) is 3. The molecule has 2 heterocycles. The van der Waals surface area contributed by atoms with Crippen molar-refractivity contribution in [2.24, 2.45) is 12.8 Å². The summed E-state index contributed by atoms with van der Waals surface area (Å²) in [6, 6.07) is 2.15. The Hall–Kier alpha value is -0.870. The van der Waals surface area contributed by atoms with Crippen molar-refractivity contribution in [3.05, 3.63) is 17.1 Å². The van der Waals surface area contributed by atoms with E-state index in [2.05, 4.69) is 23.5 Å². The molecule has 3 nitrogen and oxygen atoms in total. The Balaban J connectivity index is 2.61. The normalized spacial score (nSPS) is 13.8. The van der Waals surface area contributed by atoms with Crippen LogP contribution in [-0.4, -0.2) is 9.78 Å². The van der Waals surface area contributed by atoms with E-state index in [0.717, 1.165) is 12.1 Å². The summed E-state index contributed by atoms with van der Waals surface area (Å²) in [6.07, 6.45) is 0.935. The van der Waals surface area contributed by atoms with E-state index in [4.69, 9.17) is 5.73 Å². The first-order chi connectivity index (χ1) is 6.24. The summed E-state index contributed by atoms with van der Waals surface area (Å²) in [5.41, 5.74) is 8.18. The van der Waals surface area contributed by atoms with Crippen LogP contribution in [0.1, 0.15) is 25.1 Å². The van der Waals surface area contributed by atoms with Gasteiger partial charge < -0.3 is 5.73 Å². The van der Waals surface area contributed by atoms with Gasteiger partial charge in [-0.1, -0.05) is 6.92 Å². The highest BCUT2D eigenvalue weighted by atomic mass is 32.1. The highest BCUT2D eigenvalue weighted by Gasteiger charge is 2.14. The van der Waals surface area contributed by atoms with Crippen LogP contribution in [0.15, 0.2) is 11.4 Å². The van der Waals surface area contributed by atoms with Gasteiger partial charge in [0.1, 0.15) is 0 Å². The van der Waals surface area contributed by atoms with Gasteiger partial charge in [0, 0.05) is 7.05 Å². The number of nitrogens with zero attached hydrogens (tertiary/aromatic N) is 2. The lowest BCUT2D eigenvalue weighted by atomic mass is 10.2. The Morgan fingerprint density at radius 2 is 2.46 bits per heavy atom. The van der Waals surface area contributed by atoms with Crippen LogP contribution in [0.3, 0.4) is 0 Å². The van der Waals surface area contributed by atoms with Gasteiger partial charge >= 0.3 is 0 Å². The molecule has 0 radical (unpaired) electrons. The molecule has 0 aliphatic carbocycles. The van der Waals surface area contributed by atoms with Crippen molar-refractivity contribution < 1.29 is 0 Å². The van der Waals surface area contributed by atoms with E-state index in [0.29, 0.717) is 0 Å². The molecule has 1 unspecified atom stereocenters. The molecule has 0 amide bonds. The average molecular weight is 195 g/mol. The summed E-state index contributed by atoms with van der Waals surface area (Å²) >= 11 is 1.72. The van der Waals surface area contributed by atoms with Crippen molar-refractivity contribution in [1.82, 2.24) is 9.78 Å². The monoisotopic (exact) mass is 195 g/mol. The third-order valence-corrected chi connectivity index (χ3v) is 3.20. The van der Waals surface area contributed by atoms with Gasteiger partial charge in [-0.25, -0.2) is 0 Å². The Bertz CT molecular complexity index is 415. The number of rotatable bonds is 2. The summed E-state index contributed by atoms with van der Waals surface area (Å²) in [5, 5.41) is 6.50. The third kappa shape index (κ3) is 1.26. The second-order valence-electron chi connectivity index (χ2n) is 3.16. The van der Waals surface area contributed by atoms with Gasteiger partial charge in [0.05, 0.1) is 22.0 Å². The molecule has 0 aliphatic heterocycles. The van der Waals surface area contributed by atoms with Gasteiger partial charge in [0.15, 0.2) is 0 Å². The first kappa shape index (κ1) is 8.72. The van der Waals surface area contributed by atoms with Crippen LogP contribution in [0, 0.1) is 0 Å². The van der Waals surface area contributed by atoms with Gasteiger partial charge in [-0.3, -0.25) is 4.68 Å². The number of aromatic nitrogens is 2. The van der Waals surface area contributed by atoms with E-state index in [-0.39, 0.29) is 6.04 Å². The molecule has 4 heteroatoms. The molecule has 1 atom stereocenters. The van der Waals surface area contributed by atoms with Crippen LogP contribution in [0.5, 0.6) is 0 Å². The zero-order valence-electron chi connectivity index (χ0n) is 7.82. The second-order valence-corrected chi connectivity index (χ2v) is 4.07. The standard InChI is InChI=1S/C9H13N3S/c1-3-6(10)8-9-7(4-5-13-9)12(2)11-8/h4-6H,3,10H2,1-2H3. The van der Waals surface area contributed by atoms with E-state index in [1.165, 1.54) is 10.2 Å². The number of hydrogen-bond donors (Lipinski definition) is 1. The molecule has 13 heavy (non-hydrogen) atoms. The van der Waals surface area contributed by atoms with Crippen molar-refractivity contribution in [2.45, 2.75) is 19.4 Å². The molecule has 0 aliphatic rings. The maximum Gasteiger partial charge on any atom is 0.0969 e. The highest BCUT2D eigenvalue weighted by molar-refractivity contribution is 7.17. The fourth-order valence-electron chi connectivity index (χ4n) is 1.45. The van der Waals surface area contributed by atoms with Crippen molar-refractivity contribution in [3.63, 3.8) is 0 Å². The van der Waals surface area contributed by atoms with E-state index >= 15 is 0 Å². The molecule has 2 aromatic rings. The predicted octanol–water partition coefficient (Wildman–Crippen LogP) is 2.04. The van der Waals surface area contributed by atoms with Crippen molar-refractivity contribution >= 4 is 21.6 Å². The molecule has 2 N–H and O–H groups in total. The van der Waals surface area contributed by atoms with E-state index in [1.54, 1.807) is 11.3 Å². The fourth-order valence-corrected chi connectivity index (χ4v) is 2.41. The summed E-state index contributed by atoms with van der Waals surface area (Å²) < 4.78 is 3.13. The zero-order chi connectivity index (χ0) is 9.42. The van der Waals surface area contributed by atoms with Gasteiger partial charge in [0.2, 0.25) is 0 Å². The largest absolute Gasteiger partial charge is 0.323 e. The lowest BCUT2D eigenvalue weighted by Crippen LogP contribution is -2.09. The smallest absolute Gasteiger partial charge is 0.0969 e. The molecule has 0 spiro atoms. The lowest BCUT2D eigenvalue weighted by molar-refractivity contribution is 0.650. The molecular weight excluding hydrogens is 182 g/mol. The van der Waals surface area contributed by atoms with Crippen molar-refractivity contribution in [2.75, 3.05) is 0 Å². The predicted molar refractivity (Wildman–Crippen MR) is 55.8 cm³/mol. The zero-order valence-corrected chi connectivity index (χ0v) is 8.64. The molecule has 0 fully saturated rings. The summed E-state index contributed by atoms with van der Waals surface area (Å²) in [5.74, 6) is 0. The van der Waals surface area contributed by atoms with Crippen LogP contribution in [0.4, 0.5) is 0 Å². The number of fused-ring (bicyclic) bond motifs is 1. The van der Waals surface area contributed by atoms with Crippen LogP contribution < -0.4 is 5.73 Å². The summed E-state index contributed by atoms with van der Waals surface area (Å²) in [6.45, 7) is 2.08. The number of nitrogens with two attached hydrogens (primary N) is 1. The first-order valence-electron chi connectivity index (χ1n) is 4.39. The fraction of sp³-hybridized carbons (Fsp3) is 0.444. The van der Waals surface area contributed by atoms with Crippen LogP contribution in [0.2, 0.25) is 0 Å². The summed E-state index contributed by atoms with van der Waals surface area (Å²) in [4.78, 5) is 0. The van der Waals surface area contributed by atoms with Crippen LogP contribution >= 0.6 is 11.3 Å². The van der Waals surface area contributed by atoms with Crippen molar-refractivity contribution in [1.29, 1.82) is 0 Å². The minimum absolute atomic E-state index is 0.0716. The van der Waals surface area contributed by atoms with E-state index in [1.807, 2.05) is 11.7 Å². The SMILES string of the molecule is CCC(N)c1nn(C)c2ccsc12. The molecule has 0 bridgehead atoms.